The number of rotatable bonds is 15. The standard InChI is InChI=1S/3C23H34N2O2.2ClH/c3*1-16(14-17-8-6-5-7-9-17)20-15-21(20)24-18-10-12-19(13-11-18)25-22(26)27-23(2,3)4;;/h3*5-9,14,18-21,24H,10-13,15H2,1-4H3,(H,25,26);2*1H/b3*16-14+;;/t3*18?,19?,20-,21+;;/m100../s1. The van der Waals surface area contributed by atoms with Gasteiger partial charge in [0.2, 0.25) is 0 Å². The Hall–Kier alpha value is -4.85. The number of halogens is 2. The number of carbonyl (C=O) groups excluding carboxylic acids is 3. The Labute approximate surface area is 511 Å². The van der Waals surface area contributed by atoms with Crippen molar-refractivity contribution in [2.24, 2.45) is 17.8 Å². The first-order chi connectivity index (χ1) is 38.4. The number of nitrogens with one attached hydrogen (secondary N) is 6. The van der Waals surface area contributed by atoms with Crippen molar-refractivity contribution in [1.29, 1.82) is 0 Å². The molecule has 460 valence electrons. The normalized spacial score (nSPS) is 27.8. The van der Waals surface area contributed by atoms with Gasteiger partial charge in [-0.2, -0.15) is 0 Å². The van der Waals surface area contributed by atoms with Gasteiger partial charge in [0.1, 0.15) is 16.8 Å². The van der Waals surface area contributed by atoms with Crippen LogP contribution in [0.3, 0.4) is 0 Å². The average Bonchev–Trinajstić information content (AvgIpc) is 4.02. The Kier molecular flexibility index (Phi) is 26.6. The number of amides is 3. The molecule has 6 atom stereocenters. The van der Waals surface area contributed by atoms with Gasteiger partial charge in [0.25, 0.3) is 0 Å². The minimum atomic E-state index is -0.436. The predicted octanol–water partition coefficient (Wildman–Crippen LogP) is 15.6. The fourth-order valence-electron chi connectivity index (χ4n) is 11.9. The molecule has 0 unspecified atom stereocenters. The number of ether oxygens (including phenoxy) is 3. The van der Waals surface area contributed by atoms with E-state index in [2.05, 4.69) is 162 Å². The van der Waals surface area contributed by atoms with Gasteiger partial charge in [-0.25, -0.2) is 14.4 Å². The molecule has 0 aliphatic heterocycles. The number of carbonyl (C=O) groups is 3. The van der Waals surface area contributed by atoms with E-state index in [4.69, 9.17) is 14.2 Å². The Morgan fingerprint density at radius 2 is 0.566 bits per heavy atom. The van der Waals surface area contributed by atoms with Crippen molar-refractivity contribution < 1.29 is 28.6 Å². The summed E-state index contributed by atoms with van der Waals surface area (Å²) in [6, 6.07) is 36.0. The zero-order chi connectivity index (χ0) is 58.3. The highest BCUT2D eigenvalue weighted by Crippen LogP contribution is 2.41. The lowest BCUT2D eigenvalue weighted by molar-refractivity contribution is 0.0478. The summed E-state index contributed by atoms with van der Waals surface area (Å²) < 4.78 is 16.1. The first-order valence-corrected chi connectivity index (χ1v) is 30.9. The summed E-state index contributed by atoms with van der Waals surface area (Å²) in [7, 11) is 0. The largest absolute Gasteiger partial charge is 0.444 e. The monoisotopic (exact) mass is 1180 g/mol. The molecule has 0 bridgehead atoms. The molecule has 14 heteroatoms. The quantitative estimate of drug-likeness (QED) is 0.0817. The number of benzene rings is 3. The van der Waals surface area contributed by atoms with Gasteiger partial charge in [-0.05, 0) is 214 Å². The third kappa shape index (κ3) is 25.7. The van der Waals surface area contributed by atoms with E-state index in [0.29, 0.717) is 54.0 Å². The maximum atomic E-state index is 11.9. The number of hydrogen-bond donors (Lipinski definition) is 6. The Bertz CT molecular complexity index is 2260. The lowest BCUT2D eigenvalue weighted by Crippen LogP contribution is -2.44. The van der Waals surface area contributed by atoms with Crippen molar-refractivity contribution in [1.82, 2.24) is 31.9 Å². The third-order valence-corrected chi connectivity index (χ3v) is 16.4. The molecule has 0 radical (unpaired) electrons. The Balaban J connectivity index is 0.000000225. The average molecular weight is 1180 g/mol. The van der Waals surface area contributed by atoms with Gasteiger partial charge in [-0.1, -0.05) is 126 Å². The molecular weight excluding hydrogens is 1080 g/mol. The van der Waals surface area contributed by atoms with Crippen LogP contribution in [0.1, 0.15) is 196 Å². The van der Waals surface area contributed by atoms with Crippen molar-refractivity contribution in [3.05, 3.63) is 124 Å². The molecule has 6 N–H and O–H groups in total. The summed E-state index contributed by atoms with van der Waals surface area (Å²) in [5.74, 6) is 2.01. The highest BCUT2D eigenvalue weighted by molar-refractivity contribution is 5.85. The molecular formula is C69H104Cl2N6O6. The lowest BCUT2D eigenvalue weighted by Gasteiger charge is -2.30. The van der Waals surface area contributed by atoms with E-state index in [1.165, 1.54) is 52.7 Å². The SMILES string of the molecule is C/C(=C\c1ccccc1)[C@@H]1C[C@H]1NC1CCC(NC(=O)OC(C)(C)C)CC1.C/C(=C\c1ccccc1)[C@@H]1C[C@H]1NC1CCC(NC(=O)OC(C)(C)C)CC1.C/C(=C\c1ccccc1)[C@H]1C[C@@H]1NC1CCC(NC(=O)OC(C)(C)C)CC1.Cl.Cl. The van der Waals surface area contributed by atoms with Crippen LogP contribution in [0, 0.1) is 17.8 Å². The van der Waals surface area contributed by atoms with Crippen LogP contribution in [0.15, 0.2) is 108 Å². The Morgan fingerprint density at radius 3 is 0.771 bits per heavy atom. The summed E-state index contributed by atoms with van der Waals surface area (Å²) in [6.07, 6.45) is 22.6. The molecule has 12 nitrogen and oxygen atoms in total. The van der Waals surface area contributed by atoms with Gasteiger partial charge in [-0.3, -0.25) is 0 Å². The topological polar surface area (TPSA) is 151 Å². The zero-order valence-corrected chi connectivity index (χ0v) is 53.8. The first-order valence-electron chi connectivity index (χ1n) is 30.9. The molecule has 3 amide bonds. The molecule has 83 heavy (non-hydrogen) atoms. The first kappa shape index (κ1) is 68.9. The van der Waals surface area contributed by atoms with Crippen molar-refractivity contribution >= 4 is 61.3 Å². The van der Waals surface area contributed by atoms with Crippen LogP contribution in [0.4, 0.5) is 14.4 Å². The van der Waals surface area contributed by atoms with Crippen LogP contribution in [-0.2, 0) is 14.2 Å². The van der Waals surface area contributed by atoms with Crippen LogP contribution in [0.5, 0.6) is 0 Å². The molecule has 6 aliphatic rings. The molecule has 9 rings (SSSR count). The molecule has 6 saturated carbocycles. The molecule has 6 aliphatic carbocycles. The van der Waals surface area contributed by atoms with E-state index in [1.807, 2.05) is 62.3 Å². The zero-order valence-electron chi connectivity index (χ0n) is 52.2. The maximum Gasteiger partial charge on any atom is 0.407 e. The third-order valence-electron chi connectivity index (χ3n) is 16.4. The van der Waals surface area contributed by atoms with Crippen molar-refractivity contribution in [3.8, 4) is 0 Å². The minimum absolute atomic E-state index is 0. The van der Waals surface area contributed by atoms with E-state index >= 15 is 0 Å². The summed E-state index contributed by atoms with van der Waals surface area (Å²) in [5, 5.41) is 20.6. The van der Waals surface area contributed by atoms with Crippen molar-refractivity contribution in [3.63, 3.8) is 0 Å². The van der Waals surface area contributed by atoms with Crippen LogP contribution < -0.4 is 31.9 Å². The Morgan fingerprint density at radius 1 is 0.361 bits per heavy atom. The van der Waals surface area contributed by atoms with Crippen LogP contribution in [0.25, 0.3) is 18.2 Å². The van der Waals surface area contributed by atoms with Gasteiger partial charge in [0.15, 0.2) is 0 Å². The maximum absolute atomic E-state index is 11.9. The minimum Gasteiger partial charge on any atom is -0.444 e. The van der Waals surface area contributed by atoms with Gasteiger partial charge in [-0.15, -0.1) is 24.8 Å². The highest BCUT2D eigenvalue weighted by atomic mass is 35.5. The van der Waals surface area contributed by atoms with Crippen LogP contribution >= 0.6 is 24.8 Å². The lowest BCUT2D eigenvalue weighted by atomic mass is 9.91. The van der Waals surface area contributed by atoms with Gasteiger partial charge in [0.05, 0.1) is 0 Å². The van der Waals surface area contributed by atoms with Gasteiger partial charge >= 0.3 is 18.3 Å². The molecule has 0 spiro atoms. The van der Waals surface area contributed by atoms with E-state index in [1.54, 1.807) is 0 Å². The van der Waals surface area contributed by atoms with Gasteiger partial charge < -0.3 is 46.1 Å². The number of alkyl carbamates (subject to hydrolysis) is 3. The van der Waals surface area contributed by atoms with Crippen molar-refractivity contribution in [2.45, 2.75) is 251 Å². The summed E-state index contributed by atoms with van der Waals surface area (Å²) in [5.41, 5.74) is 6.97. The highest BCUT2D eigenvalue weighted by Gasteiger charge is 2.42. The van der Waals surface area contributed by atoms with E-state index in [-0.39, 0.29) is 61.2 Å². The molecule has 3 aromatic carbocycles. The summed E-state index contributed by atoms with van der Waals surface area (Å²) >= 11 is 0. The fourth-order valence-corrected chi connectivity index (χ4v) is 11.9. The predicted molar refractivity (Wildman–Crippen MR) is 346 cm³/mol. The molecule has 0 aromatic heterocycles. The van der Waals surface area contributed by atoms with Crippen LogP contribution in [-0.4, -0.2) is 89.5 Å². The number of hydrogen-bond acceptors (Lipinski definition) is 9. The fraction of sp³-hybridized carbons (Fsp3) is 0.609. The molecule has 0 saturated heterocycles. The molecule has 6 fully saturated rings. The van der Waals surface area contributed by atoms with Crippen molar-refractivity contribution in [2.75, 3.05) is 0 Å². The van der Waals surface area contributed by atoms with E-state index in [9.17, 15) is 14.4 Å². The second-order valence-corrected chi connectivity index (χ2v) is 27.3. The van der Waals surface area contributed by atoms with E-state index < -0.39 is 16.8 Å². The molecule has 0 heterocycles. The summed E-state index contributed by atoms with van der Waals surface area (Å²) in [6.45, 7) is 23.8. The van der Waals surface area contributed by atoms with Crippen LogP contribution in [0.2, 0.25) is 0 Å². The van der Waals surface area contributed by atoms with Gasteiger partial charge in [0, 0.05) is 54.4 Å². The second kappa shape index (κ2) is 32.0. The van der Waals surface area contributed by atoms with E-state index in [0.717, 1.165) is 77.0 Å². The second-order valence-electron chi connectivity index (χ2n) is 27.3. The smallest absolute Gasteiger partial charge is 0.407 e. The molecule has 3 aromatic rings. The summed E-state index contributed by atoms with van der Waals surface area (Å²) in [4.78, 5) is 35.7.